The number of ether oxygens (including phenoxy) is 4. The summed E-state index contributed by atoms with van der Waals surface area (Å²) in [6.07, 6.45) is 4.26. The van der Waals surface area contributed by atoms with Gasteiger partial charge in [-0.05, 0) is 39.5 Å². The van der Waals surface area contributed by atoms with E-state index in [1.165, 1.54) is 0 Å². The normalized spacial score (nSPS) is 11.1. The summed E-state index contributed by atoms with van der Waals surface area (Å²) in [7, 11) is 0. The van der Waals surface area contributed by atoms with Gasteiger partial charge in [0.25, 0.3) is 0 Å². The van der Waals surface area contributed by atoms with Crippen LogP contribution in [0.2, 0.25) is 0 Å². The van der Waals surface area contributed by atoms with E-state index in [2.05, 4.69) is 5.32 Å². The van der Waals surface area contributed by atoms with Crippen molar-refractivity contribution < 1.29 is 18.9 Å². The SMILES string of the molecule is CCOCCCCOCC[N]CCOCCCCOCC. The average molecular weight is 304 g/mol. The van der Waals surface area contributed by atoms with Crippen molar-refractivity contribution in [1.82, 2.24) is 5.32 Å². The molecular formula is C16H34NO4. The topological polar surface area (TPSA) is 51.0 Å². The Bertz CT molecular complexity index is 164. The second-order valence-electron chi connectivity index (χ2n) is 4.70. The molecule has 0 atom stereocenters. The molecule has 0 amide bonds. The standard InChI is InChI=1S/C16H34NO4/c1-3-18-11-5-7-13-20-15-9-17-10-16-21-14-8-6-12-19-4-2/h3-16H2,1-2H3. The summed E-state index contributed by atoms with van der Waals surface area (Å²) in [5.74, 6) is 0. The van der Waals surface area contributed by atoms with Crippen LogP contribution in [0.15, 0.2) is 0 Å². The molecule has 0 N–H and O–H groups in total. The van der Waals surface area contributed by atoms with E-state index in [1.807, 2.05) is 13.8 Å². The maximum Gasteiger partial charge on any atom is 0.0607 e. The molecule has 0 aliphatic carbocycles. The average Bonchev–Trinajstić information content (AvgIpc) is 2.50. The Kier molecular flexibility index (Phi) is 19.6. The van der Waals surface area contributed by atoms with Gasteiger partial charge >= 0.3 is 0 Å². The van der Waals surface area contributed by atoms with E-state index in [0.29, 0.717) is 13.2 Å². The van der Waals surface area contributed by atoms with Gasteiger partial charge in [0.15, 0.2) is 0 Å². The Labute approximate surface area is 130 Å². The lowest BCUT2D eigenvalue weighted by Crippen LogP contribution is -2.18. The van der Waals surface area contributed by atoms with Gasteiger partial charge in [0.05, 0.1) is 13.2 Å². The Balaban J connectivity index is 2.90. The highest BCUT2D eigenvalue weighted by Gasteiger charge is 1.93. The van der Waals surface area contributed by atoms with Gasteiger partial charge in [-0.15, -0.1) is 0 Å². The molecule has 0 spiro atoms. The number of rotatable bonds is 18. The fourth-order valence-electron chi connectivity index (χ4n) is 1.68. The maximum absolute atomic E-state index is 5.49. The van der Waals surface area contributed by atoms with Crippen molar-refractivity contribution in [3.8, 4) is 0 Å². The van der Waals surface area contributed by atoms with E-state index in [1.54, 1.807) is 0 Å². The van der Waals surface area contributed by atoms with Crippen molar-refractivity contribution in [2.45, 2.75) is 39.5 Å². The molecule has 127 valence electrons. The zero-order valence-corrected chi connectivity index (χ0v) is 14.0. The van der Waals surface area contributed by atoms with E-state index in [0.717, 1.165) is 78.4 Å². The molecule has 0 saturated heterocycles. The fraction of sp³-hybridized carbons (Fsp3) is 1.00. The lowest BCUT2D eigenvalue weighted by Gasteiger charge is -2.06. The molecule has 0 fully saturated rings. The van der Waals surface area contributed by atoms with Gasteiger partial charge in [-0.25, -0.2) is 5.32 Å². The summed E-state index contributed by atoms with van der Waals surface area (Å²) in [5, 5.41) is 4.37. The first kappa shape index (κ1) is 20.8. The van der Waals surface area contributed by atoms with Crippen LogP contribution in [-0.4, -0.2) is 65.9 Å². The Hall–Kier alpha value is -0.200. The van der Waals surface area contributed by atoms with Crippen LogP contribution in [-0.2, 0) is 18.9 Å². The molecule has 0 saturated carbocycles. The van der Waals surface area contributed by atoms with Crippen molar-refractivity contribution >= 4 is 0 Å². The minimum absolute atomic E-state index is 0.711. The van der Waals surface area contributed by atoms with Crippen LogP contribution < -0.4 is 5.32 Å². The molecule has 0 heterocycles. The van der Waals surface area contributed by atoms with Crippen molar-refractivity contribution in [2.75, 3.05) is 65.9 Å². The fourth-order valence-corrected chi connectivity index (χ4v) is 1.68. The Morgan fingerprint density at radius 3 is 1.29 bits per heavy atom. The zero-order chi connectivity index (χ0) is 15.4. The Morgan fingerprint density at radius 1 is 0.524 bits per heavy atom. The first-order valence-corrected chi connectivity index (χ1v) is 8.36. The van der Waals surface area contributed by atoms with Gasteiger partial charge in [0.2, 0.25) is 0 Å². The largest absolute Gasteiger partial charge is 0.382 e. The van der Waals surface area contributed by atoms with Crippen LogP contribution in [0.1, 0.15) is 39.5 Å². The van der Waals surface area contributed by atoms with Crippen molar-refractivity contribution in [3.63, 3.8) is 0 Å². The van der Waals surface area contributed by atoms with Gasteiger partial charge in [-0.2, -0.15) is 0 Å². The molecule has 0 aliphatic heterocycles. The first-order chi connectivity index (χ1) is 10.4. The Morgan fingerprint density at radius 2 is 0.905 bits per heavy atom. The van der Waals surface area contributed by atoms with Crippen LogP contribution in [0.3, 0.4) is 0 Å². The molecule has 1 radical (unpaired) electrons. The van der Waals surface area contributed by atoms with Crippen LogP contribution >= 0.6 is 0 Å². The third-order valence-corrected chi connectivity index (χ3v) is 2.85. The van der Waals surface area contributed by atoms with Gasteiger partial charge in [-0.3, -0.25) is 0 Å². The molecule has 0 aromatic heterocycles. The van der Waals surface area contributed by atoms with Gasteiger partial charge < -0.3 is 18.9 Å². The highest BCUT2D eigenvalue weighted by Crippen LogP contribution is 1.92. The molecular weight excluding hydrogens is 270 g/mol. The molecule has 0 aromatic rings. The van der Waals surface area contributed by atoms with Gasteiger partial charge in [0.1, 0.15) is 0 Å². The predicted octanol–water partition coefficient (Wildman–Crippen LogP) is 2.26. The third kappa shape index (κ3) is 19.8. The lowest BCUT2D eigenvalue weighted by molar-refractivity contribution is 0.0998. The zero-order valence-electron chi connectivity index (χ0n) is 14.0. The van der Waals surface area contributed by atoms with E-state index in [4.69, 9.17) is 18.9 Å². The number of unbranched alkanes of at least 4 members (excludes halogenated alkanes) is 2. The van der Waals surface area contributed by atoms with Gasteiger partial charge in [-0.1, -0.05) is 0 Å². The molecule has 0 aromatic carbocycles. The number of nitrogens with zero attached hydrogens (tertiary/aromatic N) is 1. The molecule has 5 heteroatoms. The van der Waals surface area contributed by atoms with Crippen molar-refractivity contribution in [2.24, 2.45) is 0 Å². The molecule has 21 heavy (non-hydrogen) atoms. The minimum atomic E-state index is 0.711. The highest BCUT2D eigenvalue weighted by atomic mass is 16.5. The maximum atomic E-state index is 5.49. The summed E-state index contributed by atoms with van der Waals surface area (Å²) in [6, 6.07) is 0. The molecule has 5 nitrogen and oxygen atoms in total. The summed E-state index contributed by atoms with van der Waals surface area (Å²) < 4.78 is 21.5. The van der Waals surface area contributed by atoms with Crippen LogP contribution in [0, 0.1) is 0 Å². The summed E-state index contributed by atoms with van der Waals surface area (Å²) >= 11 is 0. The quantitative estimate of drug-likeness (QED) is 0.364. The highest BCUT2D eigenvalue weighted by molar-refractivity contribution is 4.46. The van der Waals surface area contributed by atoms with Crippen LogP contribution in [0.25, 0.3) is 0 Å². The van der Waals surface area contributed by atoms with E-state index in [9.17, 15) is 0 Å². The summed E-state index contributed by atoms with van der Waals surface area (Å²) in [5.41, 5.74) is 0. The number of hydrogen-bond donors (Lipinski definition) is 0. The van der Waals surface area contributed by atoms with Gasteiger partial charge in [0, 0.05) is 52.7 Å². The molecule has 0 rings (SSSR count). The van der Waals surface area contributed by atoms with Crippen molar-refractivity contribution in [1.29, 1.82) is 0 Å². The summed E-state index contributed by atoms with van der Waals surface area (Å²) in [6.45, 7) is 11.9. The molecule has 0 unspecified atom stereocenters. The lowest BCUT2D eigenvalue weighted by atomic mass is 10.3. The second kappa shape index (κ2) is 19.8. The van der Waals surface area contributed by atoms with E-state index < -0.39 is 0 Å². The van der Waals surface area contributed by atoms with Crippen LogP contribution in [0.4, 0.5) is 0 Å². The van der Waals surface area contributed by atoms with Crippen LogP contribution in [0.5, 0.6) is 0 Å². The number of hydrogen-bond acceptors (Lipinski definition) is 4. The monoisotopic (exact) mass is 304 g/mol. The first-order valence-electron chi connectivity index (χ1n) is 8.36. The smallest absolute Gasteiger partial charge is 0.0607 e. The minimum Gasteiger partial charge on any atom is -0.382 e. The molecule has 0 bridgehead atoms. The van der Waals surface area contributed by atoms with E-state index in [-0.39, 0.29) is 0 Å². The summed E-state index contributed by atoms with van der Waals surface area (Å²) in [4.78, 5) is 0. The molecule has 0 aliphatic rings. The third-order valence-electron chi connectivity index (χ3n) is 2.85. The predicted molar refractivity (Wildman–Crippen MR) is 85.0 cm³/mol. The second-order valence-corrected chi connectivity index (χ2v) is 4.70. The van der Waals surface area contributed by atoms with Crippen molar-refractivity contribution in [3.05, 3.63) is 0 Å². The van der Waals surface area contributed by atoms with E-state index >= 15 is 0 Å².